The molecular formula is C17H24FN3O3S. The summed E-state index contributed by atoms with van der Waals surface area (Å²) in [6, 6.07) is 6.06. The average Bonchev–Trinajstić information content (AvgIpc) is 2.85. The van der Waals surface area contributed by atoms with Crippen LogP contribution in [0.25, 0.3) is 0 Å². The van der Waals surface area contributed by atoms with Gasteiger partial charge in [0.25, 0.3) is 0 Å². The summed E-state index contributed by atoms with van der Waals surface area (Å²) in [4.78, 5) is 17.7. The Kier molecular flexibility index (Phi) is 5.13. The lowest BCUT2D eigenvalue weighted by Gasteiger charge is -2.43. The van der Waals surface area contributed by atoms with E-state index in [0.717, 1.165) is 5.56 Å². The van der Waals surface area contributed by atoms with E-state index in [9.17, 15) is 17.6 Å². The molecule has 0 spiro atoms. The summed E-state index contributed by atoms with van der Waals surface area (Å²) >= 11 is 0. The van der Waals surface area contributed by atoms with Gasteiger partial charge in [-0.2, -0.15) is 0 Å². The number of benzene rings is 1. The Bertz CT molecular complexity index is 753. The first kappa shape index (κ1) is 18.3. The van der Waals surface area contributed by atoms with E-state index in [1.807, 2.05) is 11.0 Å². The summed E-state index contributed by atoms with van der Waals surface area (Å²) in [5, 5.41) is 0. The fourth-order valence-corrected chi connectivity index (χ4v) is 5.72. The highest BCUT2D eigenvalue weighted by Gasteiger charge is 2.46. The molecule has 0 saturated carbocycles. The van der Waals surface area contributed by atoms with Crippen LogP contribution in [0.3, 0.4) is 0 Å². The van der Waals surface area contributed by atoms with Gasteiger partial charge in [0.15, 0.2) is 9.84 Å². The monoisotopic (exact) mass is 369 g/mol. The van der Waals surface area contributed by atoms with Crippen LogP contribution in [-0.2, 0) is 21.2 Å². The number of likely N-dealkylation sites (N-methyl/N-ethyl adjacent to an activating group) is 1. The number of sulfone groups is 1. The van der Waals surface area contributed by atoms with Gasteiger partial charge in [0.1, 0.15) is 5.82 Å². The summed E-state index contributed by atoms with van der Waals surface area (Å²) in [6.07, 6.45) is 0. The van der Waals surface area contributed by atoms with Gasteiger partial charge in [0, 0.05) is 45.8 Å². The topological polar surface area (TPSA) is 60.9 Å². The molecule has 0 unspecified atom stereocenters. The lowest BCUT2D eigenvalue weighted by atomic mass is 10.0. The van der Waals surface area contributed by atoms with E-state index in [4.69, 9.17) is 0 Å². The Balaban J connectivity index is 1.77. The summed E-state index contributed by atoms with van der Waals surface area (Å²) < 4.78 is 37.8. The molecule has 2 aliphatic heterocycles. The van der Waals surface area contributed by atoms with Crippen LogP contribution in [0.1, 0.15) is 5.56 Å². The van der Waals surface area contributed by atoms with Crippen molar-refractivity contribution in [2.24, 2.45) is 0 Å². The first-order valence-electron chi connectivity index (χ1n) is 8.38. The Morgan fingerprint density at radius 3 is 2.48 bits per heavy atom. The number of amides is 1. The molecule has 0 bridgehead atoms. The van der Waals surface area contributed by atoms with Crippen LogP contribution < -0.4 is 0 Å². The van der Waals surface area contributed by atoms with E-state index in [1.165, 1.54) is 17.0 Å². The number of nitrogens with zero attached hydrogens (tertiary/aromatic N) is 3. The highest BCUT2D eigenvalue weighted by molar-refractivity contribution is 7.91. The molecule has 6 nitrogen and oxygen atoms in total. The molecule has 2 saturated heterocycles. The predicted molar refractivity (Wildman–Crippen MR) is 93.3 cm³/mol. The summed E-state index contributed by atoms with van der Waals surface area (Å²) in [7, 11) is 0.266. The van der Waals surface area contributed by atoms with Crippen molar-refractivity contribution in [3.63, 3.8) is 0 Å². The molecule has 25 heavy (non-hydrogen) atoms. The van der Waals surface area contributed by atoms with Gasteiger partial charge in [-0.3, -0.25) is 14.6 Å². The number of rotatable bonds is 4. The van der Waals surface area contributed by atoms with E-state index >= 15 is 0 Å². The lowest BCUT2D eigenvalue weighted by molar-refractivity contribution is -0.131. The van der Waals surface area contributed by atoms with Crippen LogP contribution in [-0.4, -0.2) is 86.3 Å². The van der Waals surface area contributed by atoms with Crippen molar-refractivity contribution in [3.05, 3.63) is 35.6 Å². The van der Waals surface area contributed by atoms with Crippen LogP contribution in [0.4, 0.5) is 4.39 Å². The first-order valence-corrected chi connectivity index (χ1v) is 10.2. The zero-order chi connectivity index (χ0) is 18.2. The third-order valence-electron chi connectivity index (χ3n) is 5.02. The molecule has 0 N–H and O–H groups in total. The summed E-state index contributed by atoms with van der Waals surface area (Å²) in [5.41, 5.74) is 0.834. The van der Waals surface area contributed by atoms with Crippen LogP contribution in [0.15, 0.2) is 24.3 Å². The Morgan fingerprint density at radius 1 is 1.20 bits per heavy atom. The average molecular weight is 369 g/mol. The van der Waals surface area contributed by atoms with Crippen molar-refractivity contribution in [1.82, 2.24) is 14.7 Å². The molecule has 2 atom stereocenters. The number of hydrogen-bond acceptors (Lipinski definition) is 5. The fourth-order valence-electron chi connectivity index (χ4n) is 3.67. The quantitative estimate of drug-likeness (QED) is 0.759. The molecule has 1 aromatic carbocycles. The van der Waals surface area contributed by atoms with E-state index in [1.54, 1.807) is 20.2 Å². The number of piperazine rings is 1. The van der Waals surface area contributed by atoms with Gasteiger partial charge < -0.3 is 4.90 Å². The second kappa shape index (κ2) is 7.01. The predicted octanol–water partition coefficient (Wildman–Crippen LogP) is 0.197. The number of halogens is 1. The van der Waals surface area contributed by atoms with E-state index in [0.29, 0.717) is 19.6 Å². The highest BCUT2D eigenvalue weighted by atomic mass is 32.2. The second-order valence-corrected chi connectivity index (χ2v) is 9.22. The van der Waals surface area contributed by atoms with Crippen LogP contribution >= 0.6 is 0 Å². The molecule has 138 valence electrons. The first-order chi connectivity index (χ1) is 11.7. The lowest BCUT2D eigenvalue weighted by Crippen LogP contribution is -2.60. The Labute approximate surface area is 148 Å². The number of carbonyl (C=O) groups is 1. The van der Waals surface area contributed by atoms with Crippen molar-refractivity contribution in [3.8, 4) is 0 Å². The molecular weight excluding hydrogens is 345 g/mol. The molecule has 0 radical (unpaired) electrons. The van der Waals surface area contributed by atoms with Crippen molar-refractivity contribution >= 4 is 15.7 Å². The molecule has 0 aromatic heterocycles. The molecule has 8 heteroatoms. The maximum atomic E-state index is 13.4. The zero-order valence-corrected chi connectivity index (χ0v) is 15.4. The highest BCUT2D eigenvalue weighted by Crippen LogP contribution is 2.28. The largest absolute Gasteiger partial charge is 0.348 e. The number of carbonyl (C=O) groups excluding carboxylic acids is 1. The van der Waals surface area contributed by atoms with Gasteiger partial charge >= 0.3 is 0 Å². The van der Waals surface area contributed by atoms with Crippen molar-refractivity contribution in [1.29, 1.82) is 0 Å². The van der Waals surface area contributed by atoms with Gasteiger partial charge in [0.2, 0.25) is 5.91 Å². The molecule has 2 aliphatic rings. The molecule has 1 amide bonds. The number of hydrogen-bond donors (Lipinski definition) is 0. The minimum Gasteiger partial charge on any atom is -0.348 e. The molecule has 2 heterocycles. The van der Waals surface area contributed by atoms with Crippen molar-refractivity contribution in [2.75, 3.05) is 45.2 Å². The third kappa shape index (κ3) is 4.19. The maximum absolute atomic E-state index is 13.4. The molecule has 0 aliphatic carbocycles. The molecule has 2 fully saturated rings. The minimum atomic E-state index is -3.13. The van der Waals surface area contributed by atoms with Gasteiger partial charge in [-0.25, -0.2) is 12.8 Å². The van der Waals surface area contributed by atoms with Gasteiger partial charge in [-0.15, -0.1) is 0 Å². The Morgan fingerprint density at radius 2 is 1.84 bits per heavy atom. The van der Waals surface area contributed by atoms with Crippen LogP contribution in [0.5, 0.6) is 0 Å². The summed E-state index contributed by atoms with van der Waals surface area (Å²) in [6.45, 7) is 2.04. The van der Waals surface area contributed by atoms with E-state index in [2.05, 4.69) is 4.90 Å². The standard InChI is InChI=1S/C17H24FN3O3S/c1-19(2)17(22)10-21-7-6-20(9-13-4-3-5-14(18)8-13)15-11-25(23,24)12-16(15)21/h3-5,8,15-16H,6-7,9-12H2,1-2H3/t15-,16+/m0/s1. The van der Waals surface area contributed by atoms with Crippen LogP contribution in [0.2, 0.25) is 0 Å². The third-order valence-corrected chi connectivity index (χ3v) is 6.72. The van der Waals surface area contributed by atoms with Gasteiger partial charge in [-0.05, 0) is 17.7 Å². The van der Waals surface area contributed by atoms with Crippen molar-refractivity contribution in [2.45, 2.75) is 18.6 Å². The SMILES string of the molecule is CN(C)C(=O)CN1CCN(Cc2cccc(F)c2)[C@H]2CS(=O)(=O)C[C@H]21. The smallest absolute Gasteiger partial charge is 0.236 e. The van der Waals surface area contributed by atoms with Crippen LogP contribution in [0, 0.1) is 5.82 Å². The maximum Gasteiger partial charge on any atom is 0.236 e. The zero-order valence-electron chi connectivity index (χ0n) is 14.6. The Hall–Kier alpha value is -1.51. The van der Waals surface area contributed by atoms with E-state index < -0.39 is 9.84 Å². The molecule has 1 aromatic rings. The van der Waals surface area contributed by atoms with E-state index in [-0.39, 0.29) is 41.9 Å². The summed E-state index contributed by atoms with van der Waals surface area (Å²) in [5.74, 6) is -0.137. The normalized spacial score (nSPS) is 26.4. The van der Waals surface area contributed by atoms with Crippen molar-refractivity contribution < 1.29 is 17.6 Å². The second-order valence-electron chi connectivity index (χ2n) is 7.07. The molecule has 3 rings (SSSR count). The number of fused-ring (bicyclic) bond motifs is 1. The van der Waals surface area contributed by atoms with Gasteiger partial charge in [0.05, 0.1) is 18.1 Å². The minimum absolute atomic E-state index is 0.0263. The fraction of sp³-hybridized carbons (Fsp3) is 0.588. The van der Waals surface area contributed by atoms with Gasteiger partial charge in [-0.1, -0.05) is 12.1 Å².